The maximum Gasteiger partial charge on any atom is 0.318 e. The van der Waals surface area contributed by atoms with Crippen LogP contribution in [0.15, 0.2) is 17.2 Å². The van der Waals surface area contributed by atoms with E-state index in [1.54, 1.807) is 6.92 Å². The normalized spacial score (nSPS) is 10.4. The number of hydrogen-bond donors (Lipinski definition) is 3. The van der Waals surface area contributed by atoms with Crippen LogP contribution in [0.4, 0.5) is 17.3 Å². The number of nitrogen functional groups attached to an aromatic ring is 1. The standard InChI is InChI=1S/C10H10N8O5.ClH/c1-5-13-15-10(16(5)11)14-12-4-6-2-7(17(20)21)3-8(9(6)19)18(22)23;/h2-4,19H,11H2,1H3,(H,14,15);1H. The van der Waals surface area contributed by atoms with Crippen LogP contribution in [-0.4, -0.2) is 36.0 Å². The van der Waals surface area contributed by atoms with E-state index in [9.17, 15) is 25.3 Å². The Kier molecular flexibility index (Phi) is 5.56. The maximum absolute atomic E-state index is 10.8. The van der Waals surface area contributed by atoms with Gasteiger partial charge in [0.1, 0.15) is 0 Å². The van der Waals surface area contributed by atoms with Crippen molar-refractivity contribution in [1.82, 2.24) is 14.9 Å². The number of hydrogen-bond acceptors (Lipinski definition) is 10. The largest absolute Gasteiger partial charge is 0.502 e. The number of aromatic nitrogens is 3. The van der Waals surface area contributed by atoms with Crippen molar-refractivity contribution in [3.63, 3.8) is 0 Å². The number of nitro groups is 2. The fourth-order valence-electron chi connectivity index (χ4n) is 1.57. The fraction of sp³-hybridized carbons (Fsp3) is 0.100. The average Bonchev–Trinajstić information content (AvgIpc) is 2.80. The van der Waals surface area contributed by atoms with E-state index in [4.69, 9.17) is 5.84 Å². The van der Waals surface area contributed by atoms with Gasteiger partial charge < -0.3 is 10.9 Å². The Balaban J connectivity index is 0.00000288. The first kappa shape index (κ1) is 18.6. The number of halogens is 1. The summed E-state index contributed by atoms with van der Waals surface area (Å²) in [7, 11) is 0. The van der Waals surface area contributed by atoms with Crippen LogP contribution in [0.5, 0.6) is 5.75 Å². The Morgan fingerprint density at radius 1 is 1.33 bits per heavy atom. The molecule has 24 heavy (non-hydrogen) atoms. The van der Waals surface area contributed by atoms with E-state index in [2.05, 4.69) is 20.7 Å². The molecule has 0 radical (unpaired) electrons. The molecule has 1 aromatic carbocycles. The van der Waals surface area contributed by atoms with Gasteiger partial charge in [0.05, 0.1) is 27.7 Å². The van der Waals surface area contributed by atoms with Gasteiger partial charge in [0, 0.05) is 6.07 Å². The molecule has 0 aliphatic carbocycles. The predicted molar refractivity (Wildman–Crippen MR) is 84.8 cm³/mol. The van der Waals surface area contributed by atoms with Gasteiger partial charge in [0.2, 0.25) is 5.75 Å². The minimum Gasteiger partial charge on any atom is -0.502 e. The molecule has 1 aromatic heterocycles. The fourth-order valence-corrected chi connectivity index (χ4v) is 1.57. The zero-order chi connectivity index (χ0) is 17.1. The molecule has 0 aliphatic heterocycles. The molecule has 0 saturated carbocycles. The van der Waals surface area contributed by atoms with Crippen molar-refractivity contribution in [2.75, 3.05) is 11.3 Å². The molecule has 0 atom stereocenters. The Morgan fingerprint density at radius 3 is 2.50 bits per heavy atom. The SMILES string of the molecule is Cc1nnc(NN=Cc2cc([N+](=O)[O-])cc([N+](=O)[O-])c2O)n1N.Cl. The van der Waals surface area contributed by atoms with Gasteiger partial charge in [-0.15, -0.1) is 22.6 Å². The van der Waals surface area contributed by atoms with Gasteiger partial charge in [0.15, 0.2) is 5.82 Å². The molecule has 128 valence electrons. The van der Waals surface area contributed by atoms with Crippen LogP contribution in [0.1, 0.15) is 11.4 Å². The number of nitro benzene ring substituents is 2. The lowest BCUT2D eigenvalue weighted by Crippen LogP contribution is -2.13. The van der Waals surface area contributed by atoms with Gasteiger partial charge in [-0.05, 0) is 6.92 Å². The van der Waals surface area contributed by atoms with Crippen molar-refractivity contribution >= 4 is 35.9 Å². The quantitative estimate of drug-likeness (QED) is 0.299. The summed E-state index contributed by atoms with van der Waals surface area (Å²) in [6.45, 7) is 1.59. The van der Waals surface area contributed by atoms with Crippen molar-refractivity contribution in [1.29, 1.82) is 0 Å². The second-order valence-corrected chi connectivity index (χ2v) is 4.23. The third-order valence-electron chi connectivity index (χ3n) is 2.75. The third-order valence-corrected chi connectivity index (χ3v) is 2.75. The molecule has 2 aromatic rings. The predicted octanol–water partition coefficient (Wildman–Crippen LogP) is 0.690. The van der Waals surface area contributed by atoms with Gasteiger partial charge in [-0.25, -0.2) is 10.1 Å². The molecule has 0 spiro atoms. The van der Waals surface area contributed by atoms with Crippen LogP contribution < -0.4 is 11.3 Å². The van der Waals surface area contributed by atoms with Crippen LogP contribution in [0, 0.1) is 27.2 Å². The first-order valence-electron chi connectivity index (χ1n) is 5.93. The number of phenolic OH excluding ortho intramolecular Hbond substituents is 1. The Bertz CT molecular complexity index is 820. The maximum atomic E-state index is 10.8. The number of nitrogens with one attached hydrogen (secondary N) is 1. The van der Waals surface area contributed by atoms with Gasteiger partial charge in [-0.2, -0.15) is 5.10 Å². The first-order chi connectivity index (χ1) is 10.8. The summed E-state index contributed by atoms with van der Waals surface area (Å²) >= 11 is 0. The minimum absolute atomic E-state index is 0. The zero-order valence-electron chi connectivity index (χ0n) is 12.0. The Hall–Kier alpha value is -3.48. The van der Waals surface area contributed by atoms with Gasteiger partial charge in [-0.1, -0.05) is 0 Å². The van der Waals surface area contributed by atoms with E-state index in [0.717, 1.165) is 17.0 Å². The number of hydrazone groups is 1. The monoisotopic (exact) mass is 358 g/mol. The van der Waals surface area contributed by atoms with Crippen LogP contribution in [0.2, 0.25) is 0 Å². The summed E-state index contributed by atoms with van der Waals surface area (Å²) in [5, 5.41) is 42.3. The smallest absolute Gasteiger partial charge is 0.318 e. The number of aryl methyl sites for hydroxylation is 1. The summed E-state index contributed by atoms with van der Waals surface area (Å²) in [5.41, 5.74) is 0.798. The van der Waals surface area contributed by atoms with E-state index >= 15 is 0 Å². The number of rotatable bonds is 5. The van der Waals surface area contributed by atoms with Crippen molar-refractivity contribution in [3.05, 3.63) is 43.7 Å². The number of anilines is 1. The van der Waals surface area contributed by atoms with Crippen molar-refractivity contribution in [2.45, 2.75) is 6.92 Å². The Labute approximate surface area is 139 Å². The highest BCUT2D eigenvalue weighted by atomic mass is 35.5. The summed E-state index contributed by atoms with van der Waals surface area (Å²) in [4.78, 5) is 19.8. The molecule has 0 fully saturated rings. The zero-order valence-corrected chi connectivity index (χ0v) is 12.8. The number of non-ortho nitro benzene ring substituents is 1. The van der Waals surface area contributed by atoms with Crippen LogP contribution in [0.25, 0.3) is 0 Å². The van der Waals surface area contributed by atoms with E-state index in [-0.39, 0.29) is 23.9 Å². The topological polar surface area (TPSA) is 188 Å². The Morgan fingerprint density at radius 2 is 2.00 bits per heavy atom. The molecule has 4 N–H and O–H groups in total. The highest BCUT2D eigenvalue weighted by molar-refractivity contribution is 5.87. The number of aromatic hydroxyl groups is 1. The van der Waals surface area contributed by atoms with Crippen LogP contribution in [0.3, 0.4) is 0 Å². The lowest BCUT2D eigenvalue weighted by Gasteiger charge is -2.02. The number of phenols is 1. The van der Waals surface area contributed by atoms with E-state index in [0.29, 0.717) is 11.9 Å². The number of benzene rings is 1. The second-order valence-electron chi connectivity index (χ2n) is 4.23. The summed E-state index contributed by atoms with van der Waals surface area (Å²) in [6, 6.07) is 1.59. The molecule has 2 rings (SSSR count). The molecule has 0 aliphatic rings. The summed E-state index contributed by atoms with van der Waals surface area (Å²) < 4.78 is 1.09. The van der Waals surface area contributed by atoms with Gasteiger partial charge in [0.25, 0.3) is 11.6 Å². The van der Waals surface area contributed by atoms with E-state index in [1.165, 1.54) is 0 Å². The molecule has 14 heteroatoms. The number of nitrogens with zero attached hydrogens (tertiary/aromatic N) is 6. The van der Waals surface area contributed by atoms with Crippen molar-refractivity contribution in [3.8, 4) is 5.75 Å². The first-order valence-corrected chi connectivity index (χ1v) is 5.93. The lowest BCUT2D eigenvalue weighted by atomic mass is 10.1. The summed E-state index contributed by atoms with van der Waals surface area (Å²) in [6.07, 6.45) is 0.958. The van der Waals surface area contributed by atoms with Gasteiger partial charge >= 0.3 is 5.69 Å². The van der Waals surface area contributed by atoms with E-state index < -0.39 is 27.0 Å². The highest BCUT2D eigenvalue weighted by Gasteiger charge is 2.23. The van der Waals surface area contributed by atoms with Gasteiger partial charge in [-0.3, -0.25) is 20.2 Å². The van der Waals surface area contributed by atoms with Crippen LogP contribution >= 0.6 is 12.4 Å². The molecule has 1 heterocycles. The molecule has 0 amide bonds. The van der Waals surface area contributed by atoms with Crippen molar-refractivity contribution in [2.24, 2.45) is 5.10 Å². The van der Waals surface area contributed by atoms with Crippen molar-refractivity contribution < 1.29 is 15.0 Å². The molecule has 0 unspecified atom stereocenters. The minimum atomic E-state index is -0.938. The second kappa shape index (κ2) is 7.19. The molecule has 13 nitrogen and oxygen atoms in total. The molecular formula is C10H11ClN8O5. The third kappa shape index (κ3) is 3.64. The molecule has 0 bridgehead atoms. The molecule has 0 saturated heterocycles. The highest BCUT2D eigenvalue weighted by Crippen LogP contribution is 2.33. The number of nitrogens with two attached hydrogens (primary N) is 1. The lowest BCUT2D eigenvalue weighted by molar-refractivity contribution is -0.394. The van der Waals surface area contributed by atoms with E-state index in [1.807, 2.05) is 0 Å². The summed E-state index contributed by atoms with van der Waals surface area (Å²) in [5.74, 6) is 5.28. The molecular weight excluding hydrogens is 348 g/mol. The van der Waals surface area contributed by atoms with Crippen LogP contribution in [-0.2, 0) is 0 Å². The average molecular weight is 359 g/mol.